The van der Waals surface area contributed by atoms with Crippen LogP contribution in [-0.4, -0.2) is 49.8 Å². The fraction of sp³-hybridized carbons (Fsp3) is 0.231. The summed E-state index contributed by atoms with van der Waals surface area (Å²) < 4.78 is 19.7. The standard InChI is InChI=1S/C26H26FN3O4/c1-2-34-24-10-6-5-9-23(24)30-15-13-29(14-16-30)18-11-12-22(20(17-18)26(32)33)28-25(31)19-7-3-4-8-21(19)27/h3-12,17H,2,13-16H2,1H3,(H,28,31)(H,32,33). The van der Waals surface area contributed by atoms with Crippen LogP contribution in [0.4, 0.5) is 21.5 Å². The number of hydrogen-bond donors (Lipinski definition) is 2. The number of carbonyl (C=O) groups excluding carboxylic acids is 1. The van der Waals surface area contributed by atoms with E-state index in [1.54, 1.807) is 24.3 Å². The molecule has 0 saturated carbocycles. The Labute approximate surface area is 197 Å². The van der Waals surface area contributed by atoms with Crippen molar-refractivity contribution >= 4 is 28.9 Å². The summed E-state index contributed by atoms with van der Waals surface area (Å²) in [5.41, 5.74) is 1.71. The van der Waals surface area contributed by atoms with Crippen molar-refractivity contribution in [2.75, 3.05) is 47.9 Å². The summed E-state index contributed by atoms with van der Waals surface area (Å²) in [5.74, 6) is -1.69. The summed E-state index contributed by atoms with van der Waals surface area (Å²) in [7, 11) is 0. The van der Waals surface area contributed by atoms with E-state index in [-0.39, 0.29) is 16.8 Å². The number of rotatable bonds is 7. The monoisotopic (exact) mass is 463 g/mol. The number of hydrogen-bond acceptors (Lipinski definition) is 5. The summed E-state index contributed by atoms with van der Waals surface area (Å²) in [6, 6.07) is 18.4. The van der Waals surface area contributed by atoms with E-state index in [1.165, 1.54) is 18.2 Å². The van der Waals surface area contributed by atoms with Crippen molar-refractivity contribution in [3.05, 3.63) is 83.7 Å². The highest BCUT2D eigenvalue weighted by molar-refractivity contribution is 6.08. The molecule has 176 valence electrons. The van der Waals surface area contributed by atoms with Crippen LogP contribution >= 0.6 is 0 Å². The van der Waals surface area contributed by atoms with Gasteiger partial charge in [0.25, 0.3) is 5.91 Å². The number of carboxylic acids is 1. The van der Waals surface area contributed by atoms with Gasteiger partial charge in [0.15, 0.2) is 0 Å². The number of nitrogens with zero attached hydrogens (tertiary/aromatic N) is 2. The average Bonchev–Trinajstić information content (AvgIpc) is 2.85. The van der Waals surface area contributed by atoms with Gasteiger partial charge < -0.3 is 25.0 Å². The fourth-order valence-corrected chi connectivity index (χ4v) is 4.05. The molecule has 0 unspecified atom stereocenters. The smallest absolute Gasteiger partial charge is 0.337 e. The topological polar surface area (TPSA) is 82.1 Å². The second-order valence-corrected chi connectivity index (χ2v) is 7.84. The molecule has 1 aliphatic rings. The molecule has 4 rings (SSSR count). The zero-order chi connectivity index (χ0) is 24.1. The number of anilines is 3. The normalized spacial score (nSPS) is 13.5. The molecular weight excluding hydrogens is 437 g/mol. The van der Waals surface area contributed by atoms with Crippen LogP contribution in [0.2, 0.25) is 0 Å². The van der Waals surface area contributed by atoms with Gasteiger partial charge >= 0.3 is 5.97 Å². The van der Waals surface area contributed by atoms with Crippen molar-refractivity contribution in [1.29, 1.82) is 0 Å². The Kier molecular flexibility index (Phi) is 6.96. The first kappa shape index (κ1) is 23.1. The van der Waals surface area contributed by atoms with Crippen molar-refractivity contribution < 1.29 is 23.8 Å². The number of carbonyl (C=O) groups is 2. The van der Waals surface area contributed by atoms with Crippen LogP contribution in [0, 0.1) is 5.82 Å². The highest BCUT2D eigenvalue weighted by Gasteiger charge is 2.22. The minimum Gasteiger partial charge on any atom is -0.492 e. The number of ether oxygens (including phenoxy) is 1. The first-order valence-corrected chi connectivity index (χ1v) is 11.1. The summed E-state index contributed by atoms with van der Waals surface area (Å²) in [4.78, 5) is 28.7. The van der Waals surface area contributed by atoms with Gasteiger partial charge in [-0.1, -0.05) is 24.3 Å². The van der Waals surface area contributed by atoms with Crippen LogP contribution in [0.5, 0.6) is 5.75 Å². The van der Waals surface area contributed by atoms with Crippen LogP contribution in [0.3, 0.4) is 0 Å². The molecule has 7 nitrogen and oxygen atoms in total. The summed E-state index contributed by atoms with van der Waals surface area (Å²) in [5, 5.41) is 12.3. The third kappa shape index (κ3) is 4.96. The maximum absolute atomic E-state index is 13.9. The number of nitrogens with one attached hydrogen (secondary N) is 1. The molecule has 0 aliphatic carbocycles. The highest BCUT2D eigenvalue weighted by Crippen LogP contribution is 2.30. The van der Waals surface area contributed by atoms with Crippen LogP contribution in [0.15, 0.2) is 66.7 Å². The van der Waals surface area contributed by atoms with Gasteiger partial charge in [-0.3, -0.25) is 4.79 Å². The summed E-state index contributed by atoms with van der Waals surface area (Å²) >= 11 is 0. The molecule has 0 radical (unpaired) electrons. The number of aromatic carboxylic acids is 1. The third-order valence-electron chi connectivity index (χ3n) is 5.75. The van der Waals surface area contributed by atoms with Gasteiger partial charge in [-0.2, -0.15) is 0 Å². The number of halogens is 1. The Morgan fingerprint density at radius 1 is 0.941 bits per heavy atom. The van der Waals surface area contributed by atoms with Crippen LogP contribution < -0.4 is 19.9 Å². The van der Waals surface area contributed by atoms with Gasteiger partial charge in [0.05, 0.1) is 29.1 Å². The van der Waals surface area contributed by atoms with Crippen molar-refractivity contribution in [1.82, 2.24) is 0 Å². The van der Waals surface area contributed by atoms with Crippen molar-refractivity contribution in [2.24, 2.45) is 0 Å². The first-order chi connectivity index (χ1) is 16.5. The highest BCUT2D eigenvalue weighted by atomic mass is 19.1. The average molecular weight is 464 g/mol. The molecule has 1 aliphatic heterocycles. The molecule has 1 fully saturated rings. The summed E-state index contributed by atoms with van der Waals surface area (Å²) in [6.45, 7) is 5.43. The Bertz CT molecular complexity index is 1190. The largest absolute Gasteiger partial charge is 0.492 e. The Morgan fingerprint density at radius 3 is 2.32 bits per heavy atom. The molecule has 0 spiro atoms. The van der Waals surface area contributed by atoms with E-state index < -0.39 is 17.7 Å². The van der Waals surface area contributed by atoms with Crippen molar-refractivity contribution in [2.45, 2.75) is 6.92 Å². The van der Waals surface area contributed by atoms with Gasteiger partial charge in [-0.15, -0.1) is 0 Å². The van der Waals surface area contributed by atoms with Gasteiger partial charge in [-0.25, -0.2) is 9.18 Å². The second kappa shape index (κ2) is 10.2. The lowest BCUT2D eigenvalue weighted by Gasteiger charge is -2.38. The molecule has 1 saturated heterocycles. The maximum Gasteiger partial charge on any atom is 0.337 e. The number of benzene rings is 3. The SMILES string of the molecule is CCOc1ccccc1N1CCN(c2ccc(NC(=O)c3ccccc3F)c(C(=O)O)c2)CC1. The van der Waals surface area contributed by atoms with Gasteiger partial charge in [-0.05, 0) is 49.4 Å². The molecule has 2 N–H and O–H groups in total. The van der Waals surface area contributed by atoms with E-state index in [9.17, 15) is 19.1 Å². The molecule has 34 heavy (non-hydrogen) atoms. The molecule has 3 aromatic rings. The lowest BCUT2D eigenvalue weighted by molar-refractivity contribution is 0.0698. The predicted octanol–water partition coefficient (Wildman–Crippen LogP) is 4.50. The molecule has 3 aromatic carbocycles. The zero-order valence-corrected chi connectivity index (χ0v) is 18.8. The van der Waals surface area contributed by atoms with Crippen LogP contribution in [-0.2, 0) is 0 Å². The van der Waals surface area contributed by atoms with E-state index in [4.69, 9.17) is 4.74 Å². The molecule has 1 amide bonds. The molecular formula is C26H26FN3O4. The second-order valence-electron chi connectivity index (χ2n) is 7.84. The Morgan fingerprint density at radius 2 is 1.62 bits per heavy atom. The van der Waals surface area contributed by atoms with E-state index in [1.807, 2.05) is 31.2 Å². The van der Waals surface area contributed by atoms with E-state index >= 15 is 0 Å². The van der Waals surface area contributed by atoms with Crippen molar-refractivity contribution in [3.8, 4) is 5.75 Å². The third-order valence-corrected chi connectivity index (χ3v) is 5.75. The fourth-order valence-electron chi connectivity index (χ4n) is 4.05. The van der Waals surface area contributed by atoms with E-state index in [0.717, 1.165) is 30.2 Å². The first-order valence-electron chi connectivity index (χ1n) is 11.1. The lowest BCUT2D eigenvalue weighted by atomic mass is 10.1. The predicted molar refractivity (Wildman–Crippen MR) is 130 cm³/mol. The number of piperazine rings is 1. The van der Waals surface area contributed by atoms with E-state index in [2.05, 4.69) is 15.1 Å². The summed E-state index contributed by atoms with van der Waals surface area (Å²) in [6.07, 6.45) is 0. The Balaban J connectivity index is 1.49. The Hall–Kier alpha value is -4.07. The van der Waals surface area contributed by atoms with Crippen LogP contribution in [0.25, 0.3) is 0 Å². The molecule has 0 atom stereocenters. The van der Waals surface area contributed by atoms with Gasteiger partial charge in [0.1, 0.15) is 11.6 Å². The molecule has 0 aromatic heterocycles. The molecule has 0 bridgehead atoms. The quantitative estimate of drug-likeness (QED) is 0.537. The van der Waals surface area contributed by atoms with Crippen LogP contribution in [0.1, 0.15) is 27.6 Å². The van der Waals surface area contributed by atoms with Gasteiger partial charge in [0, 0.05) is 31.9 Å². The lowest BCUT2D eigenvalue weighted by Crippen LogP contribution is -2.46. The van der Waals surface area contributed by atoms with Gasteiger partial charge in [0.2, 0.25) is 0 Å². The minimum atomic E-state index is -1.17. The van der Waals surface area contributed by atoms with Crippen molar-refractivity contribution in [3.63, 3.8) is 0 Å². The maximum atomic E-state index is 13.9. The number of para-hydroxylation sites is 2. The van der Waals surface area contributed by atoms with E-state index in [0.29, 0.717) is 19.7 Å². The number of amides is 1. The number of carboxylic acid groups (broad SMARTS) is 1. The minimum absolute atomic E-state index is 0.0497. The zero-order valence-electron chi connectivity index (χ0n) is 18.8. The molecule has 8 heteroatoms. The molecule has 1 heterocycles.